The number of benzene rings is 1. The van der Waals surface area contributed by atoms with Crippen LogP contribution in [0.2, 0.25) is 0 Å². The third kappa shape index (κ3) is 2.97. The molecule has 0 saturated carbocycles. The van der Waals surface area contributed by atoms with Crippen LogP contribution in [0.15, 0.2) is 42.7 Å². The Hall–Kier alpha value is -2.14. The molecule has 0 aliphatic carbocycles. The summed E-state index contributed by atoms with van der Waals surface area (Å²) < 4.78 is 2.09. The molecule has 4 rings (SSSR count). The summed E-state index contributed by atoms with van der Waals surface area (Å²) in [4.78, 5) is 19.3. The summed E-state index contributed by atoms with van der Waals surface area (Å²) >= 11 is 0. The normalized spacial score (nSPS) is 29.9. The average Bonchev–Trinajstić information content (AvgIpc) is 3.06. The van der Waals surface area contributed by atoms with Gasteiger partial charge in [-0.05, 0) is 31.7 Å². The van der Waals surface area contributed by atoms with Gasteiger partial charge in [-0.1, -0.05) is 30.3 Å². The zero-order valence-corrected chi connectivity index (χ0v) is 15.0. The van der Waals surface area contributed by atoms with E-state index in [-0.39, 0.29) is 11.4 Å². The molecule has 2 aliphatic heterocycles. The van der Waals surface area contributed by atoms with Gasteiger partial charge >= 0.3 is 0 Å². The van der Waals surface area contributed by atoms with Gasteiger partial charge < -0.3 is 9.88 Å². The van der Waals surface area contributed by atoms with E-state index >= 15 is 0 Å². The van der Waals surface area contributed by atoms with Crippen molar-refractivity contribution in [1.82, 2.24) is 19.8 Å². The molecule has 0 unspecified atom stereocenters. The fraction of sp³-hybridized carbons (Fsp3) is 0.500. The molecule has 3 heterocycles. The Morgan fingerprint density at radius 3 is 2.84 bits per heavy atom. The number of likely N-dealkylation sites (tertiary alicyclic amines) is 1. The number of aryl methyl sites for hydroxylation is 1. The summed E-state index contributed by atoms with van der Waals surface area (Å²) in [6.07, 6.45) is 7.43. The van der Waals surface area contributed by atoms with Crippen molar-refractivity contribution in [2.75, 3.05) is 0 Å². The first-order valence-electron chi connectivity index (χ1n) is 9.15. The molecule has 2 aliphatic rings. The number of carbonyl (C=O) groups is 1. The zero-order chi connectivity index (χ0) is 17.4. The van der Waals surface area contributed by atoms with Crippen LogP contribution in [0.4, 0.5) is 0 Å². The summed E-state index contributed by atoms with van der Waals surface area (Å²) in [5.41, 5.74) is 1.14. The van der Waals surface area contributed by atoms with Crippen LogP contribution in [-0.2, 0) is 18.4 Å². The van der Waals surface area contributed by atoms with E-state index in [0.717, 1.165) is 31.6 Å². The molecule has 2 fully saturated rings. The van der Waals surface area contributed by atoms with Gasteiger partial charge in [-0.15, -0.1) is 0 Å². The number of nitrogens with one attached hydrogen (secondary N) is 1. The molecule has 3 atom stereocenters. The lowest BCUT2D eigenvalue weighted by Crippen LogP contribution is -2.52. The van der Waals surface area contributed by atoms with Gasteiger partial charge in [0.2, 0.25) is 5.91 Å². The van der Waals surface area contributed by atoms with Crippen LogP contribution < -0.4 is 5.32 Å². The maximum Gasteiger partial charge on any atom is 0.220 e. The van der Waals surface area contributed by atoms with Crippen LogP contribution in [0.1, 0.15) is 50.0 Å². The van der Waals surface area contributed by atoms with Crippen molar-refractivity contribution in [2.24, 2.45) is 7.05 Å². The lowest BCUT2D eigenvalue weighted by atomic mass is 9.88. The van der Waals surface area contributed by atoms with Gasteiger partial charge in [0.15, 0.2) is 0 Å². The molecule has 1 aromatic carbocycles. The van der Waals surface area contributed by atoms with Crippen LogP contribution in [0, 0.1) is 0 Å². The van der Waals surface area contributed by atoms with Gasteiger partial charge in [0.1, 0.15) is 5.82 Å². The van der Waals surface area contributed by atoms with Crippen molar-refractivity contribution in [3.05, 3.63) is 54.1 Å². The molecule has 1 N–H and O–H groups in total. The number of carbonyl (C=O) groups excluding carboxylic acids is 1. The number of imidazole rings is 1. The molecule has 2 saturated heterocycles. The maximum atomic E-state index is 12.2. The summed E-state index contributed by atoms with van der Waals surface area (Å²) in [6, 6.07) is 11.3. The smallest absolute Gasteiger partial charge is 0.220 e. The molecular formula is C20H26N4O. The van der Waals surface area contributed by atoms with Gasteiger partial charge in [0.05, 0.1) is 12.1 Å². The zero-order valence-electron chi connectivity index (χ0n) is 15.0. The van der Waals surface area contributed by atoms with E-state index in [0.29, 0.717) is 18.5 Å². The molecular weight excluding hydrogens is 312 g/mol. The third-order valence-corrected chi connectivity index (χ3v) is 5.89. The molecule has 0 radical (unpaired) electrons. The largest absolute Gasteiger partial charge is 0.349 e. The van der Waals surface area contributed by atoms with Crippen molar-refractivity contribution in [3.8, 4) is 0 Å². The second-order valence-electron chi connectivity index (χ2n) is 7.63. The Morgan fingerprint density at radius 2 is 2.12 bits per heavy atom. The minimum atomic E-state index is -0.181. The van der Waals surface area contributed by atoms with E-state index in [1.54, 1.807) is 0 Å². The predicted molar refractivity (Wildman–Crippen MR) is 96.7 cm³/mol. The first kappa shape index (κ1) is 16.3. The lowest BCUT2D eigenvalue weighted by molar-refractivity contribution is -0.122. The quantitative estimate of drug-likeness (QED) is 0.936. The van der Waals surface area contributed by atoms with Crippen molar-refractivity contribution >= 4 is 5.91 Å². The average molecular weight is 338 g/mol. The van der Waals surface area contributed by atoms with E-state index in [1.165, 1.54) is 5.56 Å². The Balaban J connectivity index is 1.72. The van der Waals surface area contributed by atoms with Gasteiger partial charge in [-0.25, -0.2) is 4.98 Å². The first-order valence-corrected chi connectivity index (χ1v) is 9.15. The van der Waals surface area contributed by atoms with E-state index in [2.05, 4.69) is 57.0 Å². The van der Waals surface area contributed by atoms with Crippen LogP contribution in [0.25, 0.3) is 0 Å². The van der Waals surface area contributed by atoms with Crippen LogP contribution >= 0.6 is 0 Å². The van der Waals surface area contributed by atoms with Gasteiger partial charge in [-0.3, -0.25) is 9.69 Å². The molecule has 5 heteroatoms. The third-order valence-electron chi connectivity index (χ3n) is 5.89. The van der Waals surface area contributed by atoms with Gasteiger partial charge in [0.25, 0.3) is 0 Å². The van der Waals surface area contributed by atoms with E-state index in [1.807, 2.05) is 19.4 Å². The van der Waals surface area contributed by atoms with Crippen molar-refractivity contribution < 1.29 is 4.79 Å². The highest BCUT2D eigenvalue weighted by molar-refractivity contribution is 5.77. The molecule has 0 spiro atoms. The molecule has 1 amide bonds. The topological polar surface area (TPSA) is 50.2 Å². The van der Waals surface area contributed by atoms with Crippen LogP contribution in [-0.4, -0.2) is 31.9 Å². The van der Waals surface area contributed by atoms with Gasteiger partial charge in [-0.2, -0.15) is 0 Å². The van der Waals surface area contributed by atoms with E-state index < -0.39 is 0 Å². The second-order valence-corrected chi connectivity index (χ2v) is 7.63. The number of rotatable bonds is 3. The summed E-state index contributed by atoms with van der Waals surface area (Å²) in [5.74, 6) is 1.26. The molecule has 5 nitrogen and oxygen atoms in total. The molecule has 0 bridgehead atoms. The highest BCUT2D eigenvalue weighted by atomic mass is 16.1. The highest BCUT2D eigenvalue weighted by Gasteiger charge is 2.51. The number of hydrogen-bond donors (Lipinski definition) is 1. The number of nitrogens with zero attached hydrogens (tertiary/aromatic N) is 3. The fourth-order valence-corrected chi connectivity index (χ4v) is 4.61. The minimum Gasteiger partial charge on any atom is -0.349 e. The van der Waals surface area contributed by atoms with Crippen molar-refractivity contribution in [1.29, 1.82) is 0 Å². The highest BCUT2D eigenvalue weighted by Crippen LogP contribution is 2.45. The van der Waals surface area contributed by atoms with Crippen molar-refractivity contribution in [3.63, 3.8) is 0 Å². The van der Waals surface area contributed by atoms with Crippen LogP contribution in [0.5, 0.6) is 0 Å². The summed E-state index contributed by atoms with van der Waals surface area (Å²) in [5, 5.41) is 3.33. The predicted octanol–water partition coefficient (Wildman–Crippen LogP) is 2.79. The van der Waals surface area contributed by atoms with E-state index in [9.17, 15) is 4.79 Å². The minimum absolute atomic E-state index is 0.181. The van der Waals surface area contributed by atoms with Gasteiger partial charge in [0, 0.05) is 37.9 Å². The molecule has 25 heavy (non-hydrogen) atoms. The number of hydrogen-bond acceptors (Lipinski definition) is 3. The number of fused-ring (bicyclic) bond motifs is 1. The Labute approximate surface area is 149 Å². The first-order chi connectivity index (χ1) is 12.1. The Bertz CT molecular complexity index is 756. The summed E-state index contributed by atoms with van der Waals surface area (Å²) in [7, 11) is 2.05. The number of aromatic nitrogens is 2. The van der Waals surface area contributed by atoms with Crippen LogP contribution in [0.3, 0.4) is 0 Å². The SMILES string of the molecule is Cn1ccnc1CN1[C@H]2CCCC(=O)N[C@@]2(C)C[C@H]1c1ccccc1. The standard InChI is InChI=1S/C20H26N4O/c1-20-13-16(15-7-4-3-5-8-15)24(14-18-21-11-12-23(18)2)17(20)9-6-10-19(25)22-20/h3-5,7-8,11-12,16-17H,6,9-10,13-14H2,1-2H3,(H,22,25)/t16-,17-,20-/m0/s1. The molecule has 1 aromatic heterocycles. The maximum absolute atomic E-state index is 12.2. The summed E-state index contributed by atoms with van der Waals surface area (Å²) in [6.45, 7) is 3.02. The van der Waals surface area contributed by atoms with Crippen molar-refractivity contribution in [2.45, 2.75) is 56.8 Å². The molecule has 2 aromatic rings. The lowest BCUT2D eigenvalue weighted by Gasteiger charge is -2.35. The Morgan fingerprint density at radius 1 is 1.32 bits per heavy atom. The Kier molecular flexibility index (Phi) is 4.12. The second kappa shape index (κ2) is 6.30. The van der Waals surface area contributed by atoms with E-state index in [4.69, 9.17) is 0 Å². The monoisotopic (exact) mass is 338 g/mol. The number of amides is 1. The molecule has 132 valence electrons. The fourth-order valence-electron chi connectivity index (χ4n) is 4.61.